The van der Waals surface area contributed by atoms with Gasteiger partial charge in [-0.15, -0.1) is 0 Å². The molecular weight excluding hydrogens is 186 g/mol. The van der Waals surface area contributed by atoms with Gasteiger partial charge in [0.25, 0.3) is 0 Å². The molecule has 1 aromatic carbocycles. The molecule has 0 radical (unpaired) electrons. The van der Waals surface area contributed by atoms with Gasteiger partial charge >= 0.3 is 0 Å². The molecule has 0 saturated heterocycles. The molecule has 1 amide bonds. The summed E-state index contributed by atoms with van der Waals surface area (Å²) in [5, 5.41) is 0. The fraction of sp³-hybridized carbons (Fsp3) is 0.462. The van der Waals surface area contributed by atoms with Crippen LogP contribution in [0.3, 0.4) is 0 Å². The van der Waals surface area contributed by atoms with E-state index < -0.39 is 0 Å². The molecule has 0 aliphatic carbocycles. The number of likely N-dealkylation sites (N-methyl/N-ethyl adjacent to an activating group) is 1. The molecule has 82 valence electrons. The first-order chi connectivity index (χ1) is 7.00. The van der Waals surface area contributed by atoms with Crippen LogP contribution in [-0.2, 0) is 11.2 Å². The van der Waals surface area contributed by atoms with Crippen LogP contribution in [0, 0.1) is 6.92 Å². The molecule has 15 heavy (non-hydrogen) atoms. The number of benzene rings is 1. The molecule has 0 bridgehead atoms. The first kappa shape index (κ1) is 11.8. The molecule has 0 N–H and O–H groups in total. The van der Waals surface area contributed by atoms with Crippen LogP contribution in [0.25, 0.3) is 0 Å². The van der Waals surface area contributed by atoms with E-state index in [9.17, 15) is 4.79 Å². The summed E-state index contributed by atoms with van der Waals surface area (Å²) in [7, 11) is 1.85. The van der Waals surface area contributed by atoms with E-state index in [1.807, 2.05) is 52.1 Å². The molecule has 0 atom stereocenters. The summed E-state index contributed by atoms with van der Waals surface area (Å²) in [6.07, 6.45) is 0.495. The number of hydrogen-bond donors (Lipinski definition) is 0. The first-order valence-electron chi connectivity index (χ1n) is 5.32. The van der Waals surface area contributed by atoms with Crippen LogP contribution < -0.4 is 0 Å². The Bertz CT molecular complexity index is 327. The fourth-order valence-electron chi connectivity index (χ4n) is 1.29. The fourth-order valence-corrected chi connectivity index (χ4v) is 1.29. The van der Waals surface area contributed by atoms with Crippen molar-refractivity contribution in [3.8, 4) is 0 Å². The topological polar surface area (TPSA) is 20.3 Å². The molecular formula is C13H19NO. The molecule has 0 aliphatic heterocycles. The lowest BCUT2D eigenvalue weighted by atomic mass is 10.1. The van der Waals surface area contributed by atoms with E-state index in [-0.39, 0.29) is 11.9 Å². The van der Waals surface area contributed by atoms with Crippen LogP contribution in [-0.4, -0.2) is 23.9 Å². The third-order valence-corrected chi connectivity index (χ3v) is 2.64. The van der Waals surface area contributed by atoms with Gasteiger partial charge in [-0.2, -0.15) is 0 Å². The molecule has 1 aromatic rings. The Hall–Kier alpha value is -1.31. The average Bonchev–Trinajstić information content (AvgIpc) is 2.20. The van der Waals surface area contributed by atoms with E-state index in [1.54, 1.807) is 4.90 Å². The minimum atomic E-state index is 0.175. The van der Waals surface area contributed by atoms with Crippen molar-refractivity contribution in [3.05, 3.63) is 35.4 Å². The summed E-state index contributed by atoms with van der Waals surface area (Å²) in [4.78, 5) is 13.5. The Kier molecular flexibility index (Phi) is 3.89. The SMILES string of the molecule is Cc1ccc(CC(=O)N(C)C(C)C)cc1. The van der Waals surface area contributed by atoms with Gasteiger partial charge < -0.3 is 4.90 Å². The monoisotopic (exact) mass is 205 g/mol. The van der Waals surface area contributed by atoms with Crippen LogP contribution in [0.2, 0.25) is 0 Å². The predicted molar refractivity (Wildman–Crippen MR) is 62.8 cm³/mol. The van der Waals surface area contributed by atoms with Crippen LogP contribution >= 0.6 is 0 Å². The molecule has 0 saturated carbocycles. The lowest BCUT2D eigenvalue weighted by Crippen LogP contribution is -2.34. The molecule has 0 heterocycles. The third kappa shape index (κ3) is 3.39. The zero-order valence-corrected chi connectivity index (χ0v) is 9.95. The second-order valence-corrected chi connectivity index (χ2v) is 4.26. The van der Waals surface area contributed by atoms with E-state index in [4.69, 9.17) is 0 Å². The minimum Gasteiger partial charge on any atom is -0.343 e. The Balaban J connectivity index is 2.62. The van der Waals surface area contributed by atoms with Gasteiger partial charge in [0.15, 0.2) is 0 Å². The predicted octanol–water partition coefficient (Wildman–Crippen LogP) is 2.40. The Morgan fingerprint density at radius 2 is 1.80 bits per heavy atom. The summed E-state index contributed by atoms with van der Waals surface area (Å²) in [6, 6.07) is 8.38. The highest BCUT2D eigenvalue weighted by Gasteiger charge is 2.11. The summed E-state index contributed by atoms with van der Waals surface area (Å²) in [5.74, 6) is 0.175. The zero-order valence-electron chi connectivity index (χ0n) is 9.95. The lowest BCUT2D eigenvalue weighted by Gasteiger charge is -2.21. The Morgan fingerprint density at radius 1 is 1.27 bits per heavy atom. The zero-order chi connectivity index (χ0) is 11.4. The number of rotatable bonds is 3. The quantitative estimate of drug-likeness (QED) is 0.742. The van der Waals surface area contributed by atoms with E-state index in [0.29, 0.717) is 6.42 Å². The van der Waals surface area contributed by atoms with Gasteiger partial charge in [-0.25, -0.2) is 0 Å². The summed E-state index contributed by atoms with van der Waals surface area (Å²) in [6.45, 7) is 6.09. The van der Waals surface area contributed by atoms with Crippen LogP contribution in [0.1, 0.15) is 25.0 Å². The molecule has 0 aliphatic rings. The minimum absolute atomic E-state index is 0.175. The molecule has 0 aromatic heterocycles. The average molecular weight is 205 g/mol. The molecule has 2 nitrogen and oxygen atoms in total. The highest BCUT2D eigenvalue weighted by Crippen LogP contribution is 2.06. The van der Waals surface area contributed by atoms with Crippen LogP contribution in [0.4, 0.5) is 0 Å². The number of carbonyl (C=O) groups is 1. The number of carbonyl (C=O) groups excluding carboxylic acids is 1. The van der Waals surface area contributed by atoms with Gasteiger partial charge in [-0.05, 0) is 26.3 Å². The lowest BCUT2D eigenvalue weighted by molar-refractivity contribution is -0.130. The van der Waals surface area contributed by atoms with Crippen molar-refractivity contribution in [1.82, 2.24) is 4.90 Å². The summed E-state index contributed by atoms with van der Waals surface area (Å²) < 4.78 is 0. The van der Waals surface area contributed by atoms with Crippen LogP contribution in [0.15, 0.2) is 24.3 Å². The second-order valence-electron chi connectivity index (χ2n) is 4.26. The van der Waals surface area contributed by atoms with Crippen molar-refractivity contribution in [2.24, 2.45) is 0 Å². The molecule has 0 unspecified atom stereocenters. The largest absolute Gasteiger partial charge is 0.343 e. The molecule has 1 rings (SSSR count). The van der Waals surface area contributed by atoms with Crippen molar-refractivity contribution < 1.29 is 4.79 Å². The van der Waals surface area contributed by atoms with Gasteiger partial charge in [0.05, 0.1) is 6.42 Å². The standard InChI is InChI=1S/C13H19NO/c1-10(2)14(4)13(15)9-12-7-5-11(3)6-8-12/h5-8,10H,9H2,1-4H3. The van der Waals surface area contributed by atoms with Crippen molar-refractivity contribution in [2.75, 3.05) is 7.05 Å². The number of hydrogen-bond acceptors (Lipinski definition) is 1. The molecule has 0 fully saturated rings. The van der Waals surface area contributed by atoms with Crippen LogP contribution in [0.5, 0.6) is 0 Å². The summed E-state index contributed by atoms with van der Waals surface area (Å²) in [5.41, 5.74) is 2.31. The van der Waals surface area contributed by atoms with Gasteiger partial charge in [0, 0.05) is 13.1 Å². The van der Waals surface area contributed by atoms with E-state index in [2.05, 4.69) is 0 Å². The summed E-state index contributed by atoms with van der Waals surface area (Å²) >= 11 is 0. The maximum atomic E-state index is 11.8. The highest BCUT2D eigenvalue weighted by molar-refractivity contribution is 5.78. The smallest absolute Gasteiger partial charge is 0.226 e. The number of nitrogens with zero attached hydrogens (tertiary/aromatic N) is 1. The van der Waals surface area contributed by atoms with E-state index in [0.717, 1.165) is 5.56 Å². The van der Waals surface area contributed by atoms with Gasteiger partial charge in [0.1, 0.15) is 0 Å². The third-order valence-electron chi connectivity index (χ3n) is 2.64. The van der Waals surface area contributed by atoms with Gasteiger partial charge in [0.2, 0.25) is 5.91 Å². The number of amides is 1. The van der Waals surface area contributed by atoms with E-state index in [1.165, 1.54) is 5.56 Å². The Morgan fingerprint density at radius 3 is 2.27 bits per heavy atom. The van der Waals surface area contributed by atoms with Crippen molar-refractivity contribution >= 4 is 5.91 Å². The maximum Gasteiger partial charge on any atom is 0.226 e. The Labute approximate surface area is 91.9 Å². The molecule has 2 heteroatoms. The highest BCUT2D eigenvalue weighted by atomic mass is 16.2. The molecule has 0 spiro atoms. The van der Waals surface area contributed by atoms with Crippen molar-refractivity contribution in [3.63, 3.8) is 0 Å². The first-order valence-corrected chi connectivity index (χ1v) is 5.32. The van der Waals surface area contributed by atoms with Crippen molar-refractivity contribution in [2.45, 2.75) is 33.2 Å². The maximum absolute atomic E-state index is 11.8. The number of aryl methyl sites for hydroxylation is 1. The van der Waals surface area contributed by atoms with E-state index >= 15 is 0 Å². The van der Waals surface area contributed by atoms with Gasteiger partial charge in [-0.3, -0.25) is 4.79 Å². The van der Waals surface area contributed by atoms with Crippen molar-refractivity contribution in [1.29, 1.82) is 0 Å². The second kappa shape index (κ2) is 4.96. The normalized spacial score (nSPS) is 10.5. The van der Waals surface area contributed by atoms with Gasteiger partial charge in [-0.1, -0.05) is 29.8 Å².